The van der Waals surface area contributed by atoms with Gasteiger partial charge in [-0.15, -0.1) is 0 Å². The third-order valence-electron chi connectivity index (χ3n) is 2.09. The number of benzene rings is 1. The van der Waals surface area contributed by atoms with E-state index in [1.165, 1.54) is 12.1 Å². The van der Waals surface area contributed by atoms with Gasteiger partial charge in [-0.1, -0.05) is 21.1 Å². The van der Waals surface area contributed by atoms with E-state index in [9.17, 15) is 8.42 Å². The van der Waals surface area contributed by atoms with Crippen LogP contribution < -0.4 is 4.74 Å². The van der Waals surface area contributed by atoms with Crippen molar-refractivity contribution in [1.82, 2.24) is 10.1 Å². The maximum Gasteiger partial charge on any atom is 0.265 e. The highest BCUT2D eigenvalue weighted by molar-refractivity contribution is 9.10. The maximum absolute atomic E-state index is 11.4. The highest BCUT2D eigenvalue weighted by atomic mass is 79.9. The monoisotopic (exact) mass is 366 g/mol. The molecule has 0 saturated heterocycles. The molecule has 0 unspecified atom stereocenters. The molecule has 0 radical (unpaired) electrons. The van der Waals surface area contributed by atoms with Crippen LogP contribution in [0.5, 0.6) is 5.75 Å². The van der Waals surface area contributed by atoms with Gasteiger partial charge in [-0.2, -0.15) is 4.98 Å². The van der Waals surface area contributed by atoms with E-state index in [0.29, 0.717) is 10.3 Å². The Hall–Kier alpha value is -1.12. The molecule has 2 rings (SSSR count). The molecule has 0 spiro atoms. The van der Waals surface area contributed by atoms with Crippen molar-refractivity contribution < 1.29 is 17.7 Å². The molecule has 102 valence electrons. The van der Waals surface area contributed by atoms with Crippen LogP contribution in [0.25, 0.3) is 0 Å². The lowest BCUT2D eigenvalue weighted by atomic mass is 10.3. The van der Waals surface area contributed by atoms with Gasteiger partial charge in [-0.3, -0.25) is 0 Å². The molecule has 0 aliphatic carbocycles. The first-order valence-electron chi connectivity index (χ1n) is 5.02. The van der Waals surface area contributed by atoms with E-state index >= 15 is 0 Å². The van der Waals surface area contributed by atoms with Crippen molar-refractivity contribution in [2.45, 2.75) is 18.4 Å². The summed E-state index contributed by atoms with van der Waals surface area (Å²) in [6.07, 6.45) is 0. The number of aryl methyl sites for hydroxylation is 1. The molecule has 19 heavy (non-hydrogen) atoms. The van der Waals surface area contributed by atoms with E-state index in [4.69, 9.17) is 19.9 Å². The number of nitrogens with zero attached hydrogens (tertiary/aromatic N) is 2. The molecule has 1 aromatic heterocycles. The van der Waals surface area contributed by atoms with E-state index in [1.807, 2.05) is 0 Å². The predicted molar refractivity (Wildman–Crippen MR) is 70.5 cm³/mol. The normalized spacial score (nSPS) is 11.5. The summed E-state index contributed by atoms with van der Waals surface area (Å²) >= 11 is 3.17. The Labute approximate surface area is 122 Å². The molecule has 0 saturated carbocycles. The van der Waals surface area contributed by atoms with E-state index in [2.05, 4.69) is 26.1 Å². The number of hydrogen-bond donors (Lipinski definition) is 0. The zero-order valence-corrected chi connectivity index (χ0v) is 12.8. The summed E-state index contributed by atoms with van der Waals surface area (Å²) in [4.78, 5) is 3.82. The van der Waals surface area contributed by atoms with Gasteiger partial charge in [0.05, 0.1) is 0 Å². The minimum Gasteiger partial charge on any atom is -0.482 e. The Bertz CT molecular complexity index is 701. The number of aromatic nitrogens is 2. The Morgan fingerprint density at radius 3 is 2.79 bits per heavy atom. The van der Waals surface area contributed by atoms with E-state index in [-0.39, 0.29) is 23.1 Å². The lowest BCUT2D eigenvalue weighted by Crippen LogP contribution is -2.01. The molecule has 0 fully saturated rings. The molecule has 0 N–H and O–H groups in total. The molecular weight excluding hydrogens is 360 g/mol. The molecule has 6 nitrogen and oxygen atoms in total. The molecule has 0 atom stereocenters. The first-order chi connectivity index (χ1) is 8.86. The second-order valence-corrected chi connectivity index (χ2v) is 7.00. The molecule has 2 aromatic rings. The maximum atomic E-state index is 11.4. The van der Waals surface area contributed by atoms with Gasteiger partial charge < -0.3 is 9.26 Å². The van der Waals surface area contributed by atoms with Crippen molar-refractivity contribution in [2.24, 2.45) is 0 Å². The number of halogens is 2. The highest BCUT2D eigenvalue weighted by Gasteiger charge is 2.18. The van der Waals surface area contributed by atoms with Crippen molar-refractivity contribution in [3.05, 3.63) is 34.4 Å². The fourth-order valence-electron chi connectivity index (χ4n) is 1.33. The topological polar surface area (TPSA) is 82.3 Å². The van der Waals surface area contributed by atoms with Crippen LogP contribution in [-0.2, 0) is 15.7 Å². The Morgan fingerprint density at radius 1 is 1.47 bits per heavy atom. The smallest absolute Gasteiger partial charge is 0.265 e. The molecule has 1 aromatic carbocycles. The molecule has 0 bridgehead atoms. The zero-order valence-electron chi connectivity index (χ0n) is 9.63. The van der Waals surface area contributed by atoms with Gasteiger partial charge in [-0.05, 0) is 25.1 Å². The average molecular weight is 368 g/mol. The van der Waals surface area contributed by atoms with Crippen molar-refractivity contribution in [3.63, 3.8) is 0 Å². The lowest BCUT2D eigenvalue weighted by Gasteiger charge is -2.07. The van der Waals surface area contributed by atoms with Gasteiger partial charge in [0, 0.05) is 15.2 Å². The Balaban J connectivity index is 2.25. The second kappa shape index (κ2) is 5.48. The molecule has 0 aliphatic rings. The van der Waals surface area contributed by atoms with Crippen LogP contribution in [0.3, 0.4) is 0 Å². The first kappa shape index (κ1) is 14.3. The number of ether oxygens (including phenoxy) is 1. The van der Waals surface area contributed by atoms with E-state index in [0.717, 1.165) is 0 Å². The van der Waals surface area contributed by atoms with Crippen LogP contribution >= 0.6 is 26.6 Å². The molecule has 0 aliphatic heterocycles. The van der Waals surface area contributed by atoms with E-state index < -0.39 is 9.05 Å². The number of hydrogen-bond acceptors (Lipinski definition) is 6. The quantitative estimate of drug-likeness (QED) is 0.773. The highest BCUT2D eigenvalue weighted by Crippen LogP contribution is 2.30. The van der Waals surface area contributed by atoms with Crippen molar-refractivity contribution in [3.8, 4) is 5.75 Å². The summed E-state index contributed by atoms with van der Waals surface area (Å²) in [5.74, 6) is 0.840. The van der Waals surface area contributed by atoms with Crippen molar-refractivity contribution >= 4 is 35.7 Å². The zero-order chi connectivity index (χ0) is 14.0. The average Bonchev–Trinajstić information content (AvgIpc) is 2.72. The SMILES string of the molecule is Cc1noc(COc2ccc(Br)cc2S(=O)(=O)Cl)n1. The van der Waals surface area contributed by atoms with Gasteiger partial charge >= 0.3 is 0 Å². The second-order valence-electron chi connectivity index (χ2n) is 3.55. The van der Waals surface area contributed by atoms with Crippen LogP contribution in [0, 0.1) is 6.92 Å². The van der Waals surface area contributed by atoms with E-state index in [1.54, 1.807) is 13.0 Å². The summed E-state index contributed by atoms with van der Waals surface area (Å²) in [5.41, 5.74) is 0. The predicted octanol–water partition coefficient (Wildman–Crippen LogP) is 2.65. The Kier molecular flexibility index (Phi) is 4.12. The number of rotatable bonds is 4. The third kappa shape index (κ3) is 3.68. The van der Waals surface area contributed by atoms with Gasteiger partial charge in [0.25, 0.3) is 14.9 Å². The van der Waals surface area contributed by atoms with Crippen molar-refractivity contribution in [1.29, 1.82) is 0 Å². The molecular formula is C10H8BrClN2O4S. The summed E-state index contributed by atoms with van der Waals surface area (Å²) in [7, 11) is 1.44. The summed E-state index contributed by atoms with van der Waals surface area (Å²) < 4.78 is 33.6. The van der Waals surface area contributed by atoms with Gasteiger partial charge in [0.2, 0.25) is 0 Å². The summed E-state index contributed by atoms with van der Waals surface area (Å²) in [6.45, 7) is 1.63. The van der Waals surface area contributed by atoms with Crippen LogP contribution in [0.1, 0.15) is 11.7 Å². The van der Waals surface area contributed by atoms with Crippen molar-refractivity contribution in [2.75, 3.05) is 0 Å². The molecule has 0 amide bonds. The molecule has 1 heterocycles. The third-order valence-corrected chi connectivity index (χ3v) is 3.93. The first-order valence-corrected chi connectivity index (χ1v) is 8.12. The van der Waals surface area contributed by atoms with Gasteiger partial charge in [-0.25, -0.2) is 8.42 Å². The van der Waals surface area contributed by atoms with Crippen LogP contribution in [0.2, 0.25) is 0 Å². The molecule has 9 heteroatoms. The lowest BCUT2D eigenvalue weighted by molar-refractivity contribution is 0.238. The largest absolute Gasteiger partial charge is 0.482 e. The fourth-order valence-corrected chi connectivity index (χ4v) is 2.84. The standard InChI is InChI=1S/C10H8BrClN2O4S/c1-6-13-10(18-14-6)5-17-8-3-2-7(11)4-9(8)19(12,15)16/h2-4H,5H2,1H3. The fraction of sp³-hybridized carbons (Fsp3) is 0.200. The summed E-state index contributed by atoms with van der Waals surface area (Å²) in [5, 5.41) is 3.60. The van der Waals surface area contributed by atoms with Crippen LogP contribution in [0.15, 0.2) is 32.1 Å². The van der Waals surface area contributed by atoms with Crippen LogP contribution in [-0.4, -0.2) is 18.6 Å². The summed E-state index contributed by atoms with van der Waals surface area (Å²) in [6, 6.07) is 4.49. The van der Waals surface area contributed by atoms with Gasteiger partial charge in [0.1, 0.15) is 10.6 Å². The minimum absolute atomic E-state index is 0.0398. The minimum atomic E-state index is -3.90. The Morgan fingerprint density at radius 2 is 2.21 bits per heavy atom. The van der Waals surface area contributed by atoms with Gasteiger partial charge in [0.15, 0.2) is 12.4 Å². The van der Waals surface area contributed by atoms with Crippen LogP contribution in [0.4, 0.5) is 0 Å².